The molecule has 3 heterocycles. The number of aromatic nitrogens is 6. The Labute approximate surface area is 178 Å². The van der Waals surface area contributed by atoms with Gasteiger partial charge in [-0.25, -0.2) is 9.97 Å². The van der Waals surface area contributed by atoms with Crippen molar-refractivity contribution in [3.63, 3.8) is 0 Å². The number of hydrogen-bond acceptors (Lipinski definition) is 6. The maximum atomic E-state index is 13.1. The SMILES string of the molecule is CCCCCn1c(=O)c2ccccc2n2c(COc3ncnc4ccccc34)nnc12. The third kappa shape index (κ3) is 3.39. The number of benzene rings is 2. The summed E-state index contributed by atoms with van der Waals surface area (Å²) in [6.45, 7) is 2.91. The zero-order valence-corrected chi connectivity index (χ0v) is 17.2. The molecule has 31 heavy (non-hydrogen) atoms. The summed E-state index contributed by atoms with van der Waals surface area (Å²) >= 11 is 0. The molecule has 5 aromatic rings. The van der Waals surface area contributed by atoms with Gasteiger partial charge in [0.15, 0.2) is 12.4 Å². The molecule has 0 saturated heterocycles. The van der Waals surface area contributed by atoms with Crippen LogP contribution in [-0.2, 0) is 13.2 Å². The first kappa shape index (κ1) is 19.2. The van der Waals surface area contributed by atoms with Gasteiger partial charge in [-0.1, -0.05) is 44.0 Å². The van der Waals surface area contributed by atoms with E-state index in [0.717, 1.165) is 35.7 Å². The maximum Gasteiger partial charge on any atom is 0.262 e. The van der Waals surface area contributed by atoms with Gasteiger partial charge in [0.25, 0.3) is 5.56 Å². The number of ether oxygens (including phenoxy) is 1. The molecule has 0 spiro atoms. The van der Waals surface area contributed by atoms with Crippen LogP contribution >= 0.6 is 0 Å². The number of para-hydroxylation sites is 2. The molecule has 0 amide bonds. The van der Waals surface area contributed by atoms with E-state index < -0.39 is 0 Å². The zero-order valence-electron chi connectivity index (χ0n) is 17.2. The van der Waals surface area contributed by atoms with Crippen molar-refractivity contribution in [2.75, 3.05) is 0 Å². The summed E-state index contributed by atoms with van der Waals surface area (Å²) in [7, 11) is 0. The Bertz CT molecular complexity index is 1430. The second-order valence-electron chi connectivity index (χ2n) is 7.42. The fourth-order valence-electron chi connectivity index (χ4n) is 3.86. The first-order valence-electron chi connectivity index (χ1n) is 10.5. The number of fused-ring (bicyclic) bond motifs is 4. The molecule has 0 N–H and O–H groups in total. The van der Waals surface area contributed by atoms with Gasteiger partial charge in [0, 0.05) is 6.54 Å². The molecule has 0 aliphatic carbocycles. The van der Waals surface area contributed by atoms with Gasteiger partial charge in [0.2, 0.25) is 11.7 Å². The lowest BCUT2D eigenvalue weighted by molar-refractivity contribution is 0.287. The lowest BCUT2D eigenvalue weighted by Crippen LogP contribution is -2.24. The molecule has 5 rings (SSSR count). The number of nitrogens with zero attached hydrogens (tertiary/aromatic N) is 6. The number of unbranched alkanes of at least 4 members (excludes halogenated alkanes) is 2. The van der Waals surface area contributed by atoms with Gasteiger partial charge in [0.1, 0.15) is 6.33 Å². The van der Waals surface area contributed by atoms with Crippen molar-refractivity contribution in [1.29, 1.82) is 0 Å². The predicted molar refractivity (Wildman–Crippen MR) is 118 cm³/mol. The maximum absolute atomic E-state index is 13.1. The van der Waals surface area contributed by atoms with Crippen LogP contribution in [0.3, 0.4) is 0 Å². The van der Waals surface area contributed by atoms with Crippen LogP contribution in [0.25, 0.3) is 27.6 Å². The zero-order chi connectivity index (χ0) is 21.2. The van der Waals surface area contributed by atoms with Crippen LogP contribution in [0.2, 0.25) is 0 Å². The van der Waals surface area contributed by atoms with Crippen molar-refractivity contribution < 1.29 is 4.74 Å². The fourth-order valence-corrected chi connectivity index (χ4v) is 3.86. The van der Waals surface area contributed by atoms with Crippen LogP contribution in [-0.4, -0.2) is 29.1 Å². The first-order chi connectivity index (χ1) is 15.3. The van der Waals surface area contributed by atoms with Gasteiger partial charge < -0.3 is 4.74 Å². The summed E-state index contributed by atoms with van der Waals surface area (Å²) < 4.78 is 9.65. The Morgan fingerprint density at radius 2 is 1.74 bits per heavy atom. The number of aryl methyl sites for hydroxylation is 1. The van der Waals surface area contributed by atoms with Crippen LogP contribution < -0.4 is 10.3 Å². The highest BCUT2D eigenvalue weighted by Crippen LogP contribution is 2.22. The summed E-state index contributed by atoms with van der Waals surface area (Å²) in [5.41, 5.74) is 1.54. The van der Waals surface area contributed by atoms with Crippen molar-refractivity contribution in [3.05, 3.63) is 71.0 Å². The smallest absolute Gasteiger partial charge is 0.262 e. The van der Waals surface area contributed by atoms with Crippen molar-refractivity contribution in [2.45, 2.75) is 39.3 Å². The van der Waals surface area contributed by atoms with Crippen molar-refractivity contribution in [1.82, 2.24) is 29.1 Å². The van der Waals surface area contributed by atoms with E-state index >= 15 is 0 Å². The molecule has 0 unspecified atom stereocenters. The van der Waals surface area contributed by atoms with Crippen LogP contribution in [0.1, 0.15) is 32.0 Å². The molecule has 8 nitrogen and oxygen atoms in total. The van der Waals surface area contributed by atoms with E-state index in [1.165, 1.54) is 6.33 Å². The average Bonchev–Trinajstić information content (AvgIpc) is 3.24. The Hall–Kier alpha value is -3.81. The van der Waals surface area contributed by atoms with Gasteiger partial charge in [0.05, 0.1) is 21.8 Å². The van der Waals surface area contributed by atoms with Crippen molar-refractivity contribution >= 4 is 27.6 Å². The molecule has 0 saturated carbocycles. The monoisotopic (exact) mass is 414 g/mol. The molecule has 0 bridgehead atoms. The van der Waals surface area contributed by atoms with Gasteiger partial charge in [-0.05, 0) is 30.7 Å². The minimum Gasteiger partial charge on any atom is -0.469 e. The quantitative estimate of drug-likeness (QED) is 0.377. The van der Waals surface area contributed by atoms with E-state index in [-0.39, 0.29) is 12.2 Å². The second kappa shape index (κ2) is 8.14. The third-order valence-corrected chi connectivity index (χ3v) is 5.40. The summed E-state index contributed by atoms with van der Waals surface area (Å²) in [6, 6.07) is 15.2. The Morgan fingerprint density at radius 1 is 0.935 bits per heavy atom. The second-order valence-corrected chi connectivity index (χ2v) is 7.42. The van der Waals surface area contributed by atoms with Gasteiger partial charge in [-0.3, -0.25) is 13.8 Å². The summed E-state index contributed by atoms with van der Waals surface area (Å²) in [4.78, 5) is 21.7. The number of hydrogen-bond donors (Lipinski definition) is 0. The van der Waals surface area contributed by atoms with Gasteiger partial charge in [-0.15, -0.1) is 10.2 Å². The van der Waals surface area contributed by atoms with Gasteiger partial charge in [-0.2, -0.15) is 0 Å². The van der Waals surface area contributed by atoms with E-state index in [9.17, 15) is 4.79 Å². The molecule has 0 aliphatic rings. The molecule has 0 fully saturated rings. The predicted octanol–water partition coefficient (Wildman–Crippen LogP) is 3.76. The fraction of sp³-hybridized carbons (Fsp3) is 0.261. The van der Waals surface area contributed by atoms with E-state index in [1.807, 2.05) is 52.9 Å². The Morgan fingerprint density at radius 3 is 2.61 bits per heavy atom. The molecule has 3 aromatic heterocycles. The van der Waals surface area contributed by atoms with Crippen LogP contribution in [0, 0.1) is 0 Å². The molecule has 156 valence electrons. The minimum absolute atomic E-state index is 0.0409. The van der Waals surface area contributed by atoms with Crippen LogP contribution in [0.4, 0.5) is 0 Å². The standard InChI is InChI=1S/C23H22N6O2/c1-2-3-8-13-28-22(30)17-10-5-7-12-19(17)29-20(26-27-23(28)29)14-31-21-16-9-4-6-11-18(16)24-15-25-21/h4-7,9-12,15H,2-3,8,13-14H2,1H3. The third-order valence-electron chi connectivity index (χ3n) is 5.40. The molecular weight excluding hydrogens is 392 g/mol. The molecular formula is C23H22N6O2. The first-order valence-corrected chi connectivity index (χ1v) is 10.5. The highest BCUT2D eigenvalue weighted by molar-refractivity contribution is 5.83. The Balaban J connectivity index is 1.59. The molecule has 0 aliphatic heterocycles. The largest absolute Gasteiger partial charge is 0.469 e. The van der Waals surface area contributed by atoms with Gasteiger partial charge >= 0.3 is 0 Å². The van der Waals surface area contributed by atoms with Crippen molar-refractivity contribution in [3.8, 4) is 5.88 Å². The lowest BCUT2D eigenvalue weighted by Gasteiger charge is -2.12. The van der Waals surface area contributed by atoms with E-state index in [4.69, 9.17) is 4.74 Å². The highest BCUT2D eigenvalue weighted by Gasteiger charge is 2.17. The topological polar surface area (TPSA) is 87.2 Å². The molecule has 8 heteroatoms. The molecule has 2 aromatic carbocycles. The normalized spacial score (nSPS) is 11.5. The highest BCUT2D eigenvalue weighted by atomic mass is 16.5. The summed E-state index contributed by atoms with van der Waals surface area (Å²) in [5, 5.41) is 10.2. The molecule has 0 atom stereocenters. The van der Waals surface area contributed by atoms with Crippen LogP contribution in [0.15, 0.2) is 59.7 Å². The van der Waals surface area contributed by atoms with Crippen LogP contribution in [0.5, 0.6) is 5.88 Å². The van der Waals surface area contributed by atoms with E-state index in [2.05, 4.69) is 27.1 Å². The summed E-state index contributed by atoms with van der Waals surface area (Å²) in [6.07, 6.45) is 4.53. The summed E-state index contributed by atoms with van der Waals surface area (Å²) in [5.74, 6) is 1.63. The van der Waals surface area contributed by atoms with Crippen molar-refractivity contribution in [2.24, 2.45) is 0 Å². The minimum atomic E-state index is -0.0409. The van der Waals surface area contributed by atoms with E-state index in [1.54, 1.807) is 4.57 Å². The average molecular weight is 414 g/mol. The molecule has 0 radical (unpaired) electrons. The van der Waals surface area contributed by atoms with E-state index in [0.29, 0.717) is 29.4 Å². The number of rotatable bonds is 7. The lowest BCUT2D eigenvalue weighted by atomic mass is 10.2. The Kier molecular flexibility index (Phi) is 5.03.